The molecule has 0 fully saturated rings. The van der Waals surface area contributed by atoms with E-state index in [0.717, 1.165) is 12.1 Å². The fourth-order valence-electron chi connectivity index (χ4n) is 3.12. The fourth-order valence-corrected chi connectivity index (χ4v) is 8.06. The van der Waals surface area contributed by atoms with Crippen LogP contribution in [0.5, 0.6) is 0 Å². The minimum Gasteiger partial charge on any atom is -0.377 e. The average molecular weight is 424 g/mol. The zero-order valence-corrected chi connectivity index (χ0v) is 20.8. The van der Waals surface area contributed by atoms with Crippen LogP contribution in [0.15, 0.2) is 4.99 Å². The van der Waals surface area contributed by atoms with Gasteiger partial charge in [-0.1, -0.05) is 13.8 Å². The highest BCUT2D eigenvalue weighted by Gasteiger charge is 2.51. The van der Waals surface area contributed by atoms with Crippen LogP contribution < -0.4 is 0 Å². The third kappa shape index (κ3) is 8.82. The van der Waals surface area contributed by atoms with E-state index in [1.807, 2.05) is 20.8 Å². The van der Waals surface area contributed by atoms with Crippen LogP contribution in [0.3, 0.4) is 0 Å². The van der Waals surface area contributed by atoms with Gasteiger partial charge in [0, 0.05) is 52.9 Å². The second kappa shape index (κ2) is 13.9. The van der Waals surface area contributed by atoms with Crippen molar-refractivity contribution in [3.63, 3.8) is 0 Å². The molecule has 1 atom stereocenters. The maximum absolute atomic E-state index is 6.12. The van der Waals surface area contributed by atoms with Crippen LogP contribution in [-0.4, -0.2) is 70.1 Å². The van der Waals surface area contributed by atoms with E-state index < -0.39 is 17.6 Å². The van der Waals surface area contributed by atoms with Crippen molar-refractivity contribution >= 4 is 23.3 Å². The van der Waals surface area contributed by atoms with Crippen LogP contribution in [-0.2, 0) is 26.6 Å². The highest BCUT2D eigenvalue weighted by Crippen LogP contribution is 2.27. The summed E-state index contributed by atoms with van der Waals surface area (Å²) in [6, 6.07) is 0.613. The normalized spacial score (nSPS) is 14.8. The first kappa shape index (κ1) is 26.9. The molecule has 0 bridgehead atoms. The van der Waals surface area contributed by atoms with Crippen molar-refractivity contribution in [3.05, 3.63) is 0 Å². The van der Waals surface area contributed by atoms with Gasteiger partial charge in [0.25, 0.3) is 0 Å². The number of rotatable bonds is 16. The summed E-state index contributed by atoms with van der Waals surface area (Å²) in [5, 5.41) is 0. The molecule has 0 saturated carbocycles. The van der Waals surface area contributed by atoms with Crippen molar-refractivity contribution in [3.8, 4) is 0 Å². The van der Waals surface area contributed by atoms with Crippen LogP contribution >= 0.6 is 0 Å². The van der Waals surface area contributed by atoms with Crippen LogP contribution in [0.25, 0.3) is 0 Å². The SMILES string of the molecule is CCO[Si](OCC)(OCC)C(CC[Si](OC)(OC)OC)N=C(C)CC(C)C. The Kier molecular flexibility index (Phi) is 13.9. The summed E-state index contributed by atoms with van der Waals surface area (Å²) >= 11 is 0. The molecule has 9 heteroatoms. The molecule has 0 saturated heterocycles. The van der Waals surface area contributed by atoms with Crippen molar-refractivity contribution in [2.75, 3.05) is 41.2 Å². The second-order valence-corrected chi connectivity index (χ2v) is 12.5. The molecule has 1 unspecified atom stereocenters. The number of hydrogen-bond acceptors (Lipinski definition) is 7. The molecule has 0 aromatic heterocycles. The lowest BCUT2D eigenvalue weighted by atomic mass is 10.1. The van der Waals surface area contributed by atoms with E-state index >= 15 is 0 Å². The third-order valence-electron chi connectivity index (χ3n) is 4.18. The van der Waals surface area contributed by atoms with Gasteiger partial charge in [-0.2, -0.15) is 0 Å². The van der Waals surface area contributed by atoms with Gasteiger partial charge >= 0.3 is 17.6 Å². The van der Waals surface area contributed by atoms with E-state index in [0.29, 0.717) is 38.2 Å². The van der Waals surface area contributed by atoms with Crippen LogP contribution in [0.1, 0.15) is 54.4 Å². The van der Waals surface area contributed by atoms with Gasteiger partial charge in [0.15, 0.2) is 0 Å². The van der Waals surface area contributed by atoms with Crippen LogP contribution in [0.2, 0.25) is 6.04 Å². The molecule has 7 nitrogen and oxygen atoms in total. The molecule has 0 aliphatic rings. The van der Waals surface area contributed by atoms with E-state index in [4.69, 9.17) is 31.5 Å². The summed E-state index contributed by atoms with van der Waals surface area (Å²) in [7, 11) is -0.859. The molecule has 0 aromatic rings. The summed E-state index contributed by atoms with van der Waals surface area (Å²) in [5.74, 6) is 0.530. The molecule has 0 radical (unpaired) electrons. The molecule has 0 rings (SSSR count). The first-order chi connectivity index (χ1) is 12.8. The van der Waals surface area contributed by atoms with Crippen LogP contribution in [0, 0.1) is 5.92 Å². The van der Waals surface area contributed by atoms with E-state index in [9.17, 15) is 0 Å². The quantitative estimate of drug-likeness (QED) is 0.278. The minimum absolute atomic E-state index is 0.219. The van der Waals surface area contributed by atoms with Crippen molar-refractivity contribution < 1.29 is 26.6 Å². The average Bonchev–Trinajstić information content (AvgIpc) is 2.62. The molecule has 0 aliphatic heterocycles. The molecule has 0 N–H and O–H groups in total. The fraction of sp³-hybridized carbons (Fsp3) is 0.944. The van der Waals surface area contributed by atoms with Crippen molar-refractivity contribution in [2.45, 2.75) is 66.1 Å². The zero-order chi connectivity index (χ0) is 20.9. The maximum Gasteiger partial charge on any atom is 0.526 e. The van der Waals surface area contributed by atoms with Crippen molar-refractivity contribution in [1.29, 1.82) is 0 Å². The lowest BCUT2D eigenvalue weighted by Crippen LogP contribution is -2.57. The predicted octanol–water partition coefficient (Wildman–Crippen LogP) is 3.72. The molecule has 0 aromatic carbocycles. The molecule has 0 amide bonds. The lowest BCUT2D eigenvalue weighted by molar-refractivity contribution is 0.0610. The monoisotopic (exact) mass is 423 g/mol. The van der Waals surface area contributed by atoms with E-state index in [1.165, 1.54) is 0 Å². The number of hydrogen-bond donors (Lipinski definition) is 0. The zero-order valence-electron chi connectivity index (χ0n) is 18.8. The molecule has 27 heavy (non-hydrogen) atoms. The van der Waals surface area contributed by atoms with Gasteiger partial charge in [-0.3, -0.25) is 4.99 Å². The van der Waals surface area contributed by atoms with Crippen LogP contribution in [0.4, 0.5) is 0 Å². The summed E-state index contributed by atoms with van der Waals surface area (Å²) in [4.78, 5) is 5.01. The molecular formula is C18H41NO6Si2. The van der Waals surface area contributed by atoms with Gasteiger partial charge in [-0.25, -0.2) is 0 Å². The van der Waals surface area contributed by atoms with Crippen molar-refractivity contribution in [1.82, 2.24) is 0 Å². The number of nitrogens with zero attached hydrogens (tertiary/aromatic N) is 1. The topological polar surface area (TPSA) is 67.7 Å². The van der Waals surface area contributed by atoms with E-state index in [-0.39, 0.29) is 5.67 Å². The standard InChI is InChI=1S/C18H41NO6Si2/c1-10-23-27(24-11-2,25-12-3)18(19-17(6)15-16(4)5)13-14-26(20-7,21-8)22-9/h16,18H,10-15H2,1-9H3. The Morgan fingerprint density at radius 2 is 1.30 bits per heavy atom. The molecule has 0 heterocycles. The van der Waals surface area contributed by atoms with Gasteiger partial charge < -0.3 is 26.6 Å². The Labute approximate surface area is 168 Å². The van der Waals surface area contributed by atoms with Gasteiger partial charge in [0.2, 0.25) is 0 Å². The summed E-state index contributed by atoms with van der Waals surface area (Å²) in [5.41, 5.74) is 0.855. The Hall–Kier alpha value is -0.136. The van der Waals surface area contributed by atoms with E-state index in [1.54, 1.807) is 21.3 Å². The molecule has 0 aliphatic carbocycles. The third-order valence-corrected chi connectivity index (χ3v) is 10.3. The smallest absolute Gasteiger partial charge is 0.377 e. The molecule has 162 valence electrons. The van der Waals surface area contributed by atoms with Crippen molar-refractivity contribution in [2.24, 2.45) is 10.9 Å². The Balaban J connectivity index is 5.83. The van der Waals surface area contributed by atoms with E-state index in [2.05, 4.69) is 20.8 Å². The Bertz CT molecular complexity index is 393. The first-order valence-corrected chi connectivity index (χ1v) is 13.6. The summed E-state index contributed by atoms with van der Waals surface area (Å²) in [6.07, 6.45) is 1.58. The minimum atomic E-state index is -3.01. The van der Waals surface area contributed by atoms with Gasteiger partial charge in [0.05, 0.1) is 0 Å². The molecule has 0 spiro atoms. The largest absolute Gasteiger partial charge is 0.526 e. The Morgan fingerprint density at radius 3 is 1.63 bits per heavy atom. The predicted molar refractivity (Wildman–Crippen MR) is 113 cm³/mol. The highest BCUT2D eigenvalue weighted by molar-refractivity contribution is 6.63. The van der Waals surface area contributed by atoms with Gasteiger partial charge in [-0.15, -0.1) is 0 Å². The van der Waals surface area contributed by atoms with Gasteiger partial charge in [-0.05, 0) is 46.5 Å². The highest BCUT2D eigenvalue weighted by atomic mass is 28.4. The Morgan fingerprint density at radius 1 is 0.852 bits per heavy atom. The molecular weight excluding hydrogens is 382 g/mol. The maximum atomic E-state index is 6.12. The van der Waals surface area contributed by atoms with Gasteiger partial charge in [0.1, 0.15) is 5.67 Å². The summed E-state index contributed by atoms with van der Waals surface area (Å²) < 4.78 is 35.1. The number of aliphatic imine (C=N–C) groups is 1. The summed E-state index contributed by atoms with van der Waals surface area (Å²) in [6.45, 7) is 13.9. The lowest BCUT2D eigenvalue weighted by Gasteiger charge is -2.35. The second-order valence-electron chi connectivity index (χ2n) is 6.71. The first-order valence-electron chi connectivity index (χ1n) is 9.89.